The zero-order valence-corrected chi connectivity index (χ0v) is 43.5. The second-order valence-corrected chi connectivity index (χ2v) is 21.1. The highest BCUT2D eigenvalue weighted by Gasteiger charge is 2.47. The Kier molecular flexibility index (Phi) is 19.6. The van der Waals surface area contributed by atoms with Crippen molar-refractivity contribution in [3.63, 3.8) is 0 Å². The lowest BCUT2D eigenvalue weighted by atomic mass is 9.85. The average molecular weight is 993 g/mol. The van der Waals surface area contributed by atoms with Crippen LogP contribution >= 0.6 is 0 Å². The Morgan fingerprint density at radius 2 is 0.861 bits per heavy atom. The topological polar surface area (TPSA) is 239 Å². The molecule has 8 N–H and O–H groups in total. The van der Waals surface area contributed by atoms with Crippen molar-refractivity contribution in [2.75, 3.05) is 40.3 Å². The summed E-state index contributed by atoms with van der Waals surface area (Å²) in [6.45, 7) is 15.0. The van der Waals surface area contributed by atoms with Crippen molar-refractivity contribution in [3.05, 3.63) is 107 Å². The number of benzene rings is 3. The number of hydrogen-bond acceptors (Lipinski definition) is 10. The van der Waals surface area contributed by atoms with Crippen LogP contribution in [0.25, 0.3) is 0 Å². The van der Waals surface area contributed by atoms with Gasteiger partial charge in [0.1, 0.15) is 24.2 Å². The molecule has 72 heavy (non-hydrogen) atoms. The van der Waals surface area contributed by atoms with Gasteiger partial charge in [-0.15, -0.1) is 0 Å². The minimum Gasteiger partial charge on any atom is -0.354 e. The van der Waals surface area contributed by atoms with Crippen LogP contribution in [0.3, 0.4) is 0 Å². The molecule has 0 saturated carbocycles. The van der Waals surface area contributed by atoms with Crippen LogP contribution < -0.4 is 42.5 Å². The third kappa shape index (κ3) is 15.2. The van der Waals surface area contributed by atoms with Crippen LogP contribution in [-0.4, -0.2) is 146 Å². The van der Waals surface area contributed by atoms with Crippen LogP contribution in [0.1, 0.15) is 100 Å². The van der Waals surface area contributed by atoms with Crippen molar-refractivity contribution < 1.29 is 38.4 Å². The Hall–Kier alpha value is -6.66. The Morgan fingerprint density at radius 3 is 1.17 bits per heavy atom. The SMILES string of the molecule is CN[C@@H](C)C(=O)N[C@H](C(=O)N1C[C@@H](NC(=O)c2ccc(C(=O)N[C@H]3C[C@@H](C(=O)NCCc4ccccc4)N(C(=O)[C@@H](NC(=O)[C@H](C)NC)C(C)(C)C)C3)cc2)CC1C(=O)NCCc1ccccc1)C(C)(C)C. The number of nitrogens with one attached hydrogen (secondary N) is 8. The molecule has 1 unspecified atom stereocenters. The summed E-state index contributed by atoms with van der Waals surface area (Å²) >= 11 is 0. The van der Waals surface area contributed by atoms with E-state index in [4.69, 9.17) is 0 Å². The van der Waals surface area contributed by atoms with Crippen molar-refractivity contribution in [1.29, 1.82) is 0 Å². The fraction of sp³-hybridized carbons (Fsp3) is 0.519. The summed E-state index contributed by atoms with van der Waals surface area (Å²) in [6.07, 6.45) is 1.40. The second-order valence-electron chi connectivity index (χ2n) is 21.1. The van der Waals surface area contributed by atoms with E-state index in [1.165, 1.54) is 34.1 Å². The molecule has 0 spiro atoms. The number of carbonyl (C=O) groups excluding carboxylic acids is 8. The molecule has 5 rings (SSSR count). The number of hydrogen-bond donors (Lipinski definition) is 8. The van der Waals surface area contributed by atoms with E-state index in [2.05, 4.69) is 42.5 Å². The number of rotatable bonds is 20. The van der Waals surface area contributed by atoms with Crippen LogP contribution in [0.5, 0.6) is 0 Å². The van der Waals surface area contributed by atoms with Gasteiger partial charge in [-0.3, -0.25) is 38.4 Å². The highest BCUT2D eigenvalue weighted by molar-refractivity contribution is 5.99. The monoisotopic (exact) mass is 993 g/mol. The normalized spacial score (nSPS) is 19.5. The second kappa shape index (κ2) is 25.1. The first-order chi connectivity index (χ1) is 34.0. The summed E-state index contributed by atoms with van der Waals surface area (Å²) in [5, 5.41) is 23.4. The smallest absolute Gasteiger partial charge is 0.251 e. The largest absolute Gasteiger partial charge is 0.354 e. The third-order valence-corrected chi connectivity index (χ3v) is 13.4. The highest BCUT2D eigenvalue weighted by Crippen LogP contribution is 2.29. The van der Waals surface area contributed by atoms with E-state index < -0.39 is 82.8 Å². The molecule has 2 fully saturated rings. The summed E-state index contributed by atoms with van der Waals surface area (Å²) in [4.78, 5) is 113. The summed E-state index contributed by atoms with van der Waals surface area (Å²) in [6, 6.07) is 19.1. The van der Waals surface area contributed by atoms with Crippen LogP contribution in [0.4, 0.5) is 0 Å². The summed E-state index contributed by atoms with van der Waals surface area (Å²) in [7, 11) is 3.29. The highest BCUT2D eigenvalue weighted by atomic mass is 16.2. The van der Waals surface area contributed by atoms with E-state index in [9.17, 15) is 38.4 Å². The Labute approximate surface area is 424 Å². The molecular weight excluding hydrogens is 917 g/mol. The molecule has 2 aliphatic rings. The number of likely N-dealkylation sites (tertiary alicyclic amines) is 2. The number of nitrogens with zero attached hydrogens (tertiary/aromatic N) is 2. The maximum atomic E-state index is 14.4. The van der Waals surface area contributed by atoms with Crippen LogP contribution in [0.15, 0.2) is 84.9 Å². The zero-order chi connectivity index (χ0) is 52.9. The zero-order valence-electron chi connectivity index (χ0n) is 43.5. The van der Waals surface area contributed by atoms with Crippen molar-refractivity contribution >= 4 is 47.3 Å². The molecule has 0 aliphatic carbocycles. The quantitative estimate of drug-likeness (QED) is 0.0821. The van der Waals surface area contributed by atoms with Crippen molar-refractivity contribution in [3.8, 4) is 0 Å². The Bertz CT molecular complexity index is 2210. The average Bonchev–Trinajstić information content (AvgIpc) is 3.98. The van der Waals surface area contributed by atoms with Crippen LogP contribution in [0.2, 0.25) is 0 Å². The summed E-state index contributed by atoms with van der Waals surface area (Å²) in [5.74, 6) is -3.35. The van der Waals surface area contributed by atoms with E-state index in [1.807, 2.05) is 102 Å². The molecule has 0 radical (unpaired) electrons. The lowest BCUT2D eigenvalue weighted by molar-refractivity contribution is -0.144. The van der Waals surface area contributed by atoms with Crippen LogP contribution in [0, 0.1) is 10.8 Å². The standard InChI is InChI=1S/C54H76N10O8/c1-33(55-9)45(65)61-43(53(3,4)5)51(71)63-31-39(29-41(63)49(69)57-27-25-35-17-13-11-14-18-35)59-47(67)37-21-23-38(24-22-37)48(68)60-40-30-42(50(70)58-28-26-36-19-15-12-16-20-36)64(32-40)52(72)44(54(6,7)8)62-46(66)34(2)56-10/h11-24,33-34,39-44,55-56H,25-32H2,1-10H3,(H,57,69)(H,58,70)(H,59,67)(H,60,68)(H,61,65)(H,62,66)/t33-,34-,39-,40-,41-,42?,43+,44+/m0/s1. The van der Waals surface area contributed by atoms with Gasteiger partial charge < -0.3 is 52.3 Å². The van der Waals surface area contributed by atoms with E-state index in [1.54, 1.807) is 27.9 Å². The van der Waals surface area contributed by atoms with Gasteiger partial charge in [0, 0.05) is 49.4 Å². The molecule has 0 aromatic heterocycles. The fourth-order valence-corrected chi connectivity index (χ4v) is 8.79. The lowest BCUT2D eigenvalue weighted by Gasteiger charge is -2.36. The predicted octanol–water partition coefficient (Wildman–Crippen LogP) is 2.08. The first-order valence-corrected chi connectivity index (χ1v) is 24.9. The Morgan fingerprint density at radius 1 is 0.528 bits per heavy atom. The molecule has 18 heteroatoms. The minimum atomic E-state index is -0.977. The first kappa shape index (κ1) is 56.3. The molecule has 8 atom stereocenters. The fourth-order valence-electron chi connectivity index (χ4n) is 8.79. The van der Waals surface area contributed by atoms with Gasteiger partial charge in [-0.1, -0.05) is 102 Å². The molecule has 18 nitrogen and oxygen atoms in total. The molecular formula is C54H76N10O8. The van der Waals surface area contributed by atoms with Crippen molar-refractivity contribution in [1.82, 2.24) is 52.3 Å². The van der Waals surface area contributed by atoms with Gasteiger partial charge >= 0.3 is 0 Å². The number of likely N-dealkylation sites (N-methyl/N-ethyl adjacent to an activating group) is 2. The van der Waals surface area contributed by atoms with Crippen molar-refractivity contribution in [2.24, 2.45) is 10.8 Å². The molecule has 0 bridgehead atoms. The molecule has 8 amide bonds. The summed E-state index contributed by atoms with van der Waals surface area (Å²) < 4.78 is 0. The molecule has 390 valence electrons. The minimum absolute atomic E-state index is 0.0107. The Balaban J connectivity index is 1.28. The van der Waals surface area contributed by atoms with Gasteiger partial charge in [-0.05, 0) is 99.8 Å². The van der Waals surface area contributed by atoms with Gasteiger partial charge in [0.25, 0.3) is 11.8 Å². The van der Waals surface area contributed by atoms with E-state index >= 15 is 0 Å². The van der Waals surface area contributed by atoms with Gasteiger partial charge in [0.05, 0.1) is 12.1 Å². The molecule has 3 aromatic rings. The maximum Gasteiger partial charge on any atom is 0.251 e. The molecule has 2 heterocycles. The lowest BCUT2D eigenvalue weighted by Crippen LogP contribution is -2.59. The van der Waals surface area contributed by atoms with Gasteiger partial charge in [-0.25, -0.2) is 0 Å². The molecule has 3 aromatic carbocycles. The number of amides is 8. The van der Waals surface area contributed by atoms with Gasteiger partial charge in [-0.2, -0.15) is 0 Å². The van der Waals surface area contributed by atoms with E-state index in [0.29, 0.717) is 25.9 Å². The van der Waals surface area contributed by atoms with Crippen molar-refractivity contribution in [2.45, 2.75) is 129 Å². The van der Waals surface area contributed by atoms with Gasteiger partial charge in [0.2, 0.25) is 35.4 Å². The maximum absolute atomic E-state index is 14.4. The van der Waals surface area contributed by atoms with Gasteiger partial charge in [0.15, 0.2) is 0 Å². The first-order valence-electron chi connectivity index (χ1n) is 24.9. The third-order valence-electron chi connectivity index (χ3n) is 13.4. The molecule has 2 saturated heterocycles. The molecule has 2 aliphatic heterocycles. The van der Waals surface area contributed by atoms with E-state index in [-0.39, 0.29) is 60.7 Å². The predicted molar refractivity (Wildman–Crippen MR) is 275 cm³/mol. The van der Waals surface area contributed by atoms with Crippen LogP contribution in [-0.2, 0) is 41.6 Å². The number of carbonyl (C=O) groups is 8. The van der Waals surface area contributed by atoms with E-state index in [0.717, 1.165) is 11.1 Å². The summed E-state index contributed by atoms with van der Waals surface area (Å²) in [5.41, 5.74) is 1.08.